The van der Waals surface area contributed by atoms with Crippen LogP contribution in [0, 0.1) is 11.3 Å². The quantitative estimate of drug-likeness (QED) is 0.146. The topological polar surface area (TPSA) is 47.9 Å². The van der Waals surface area contributed by atoms with Gasteiger partial charge in [-0.25, -0.2) is 0 Å². The van der Waals surface area contributed by atoms with Crippen molar-refractivity contribution in [3.63, 3.8) is 0 Å². The average molecular weight is 641 g/mol. The van der Waals surface area contributed by atoms with Gasteiger partial charge in [-0.15, -0.1) is 30.1 Å². The number of aryl methyl sites for hydroxylation is 1. The summed E-state index contributed by atoms with van der Waals surface area (Å²) in [7, 11) is 0. The summed E-state index contributed by atoms with van der Waals surface area (Å²) in [6.45, 7) is 15.6. The second-order valence-corrected chi connectivity index (χ2v) is 17.0. The smallest absolute Gasteiger partial charge is 0.163 e. The third-order valence-electron chi connectivity index (χ3n) is 9.20. The predicted octanol–water partition coefficient (Wildman–Crippen LogP) is 9.83. The number of hydrogen-bond donors (Lipinski definition) is 1. The second kappa shape index (κ2) is 16.4. The van der Waals surface area contributed by atoms with Crippen LogP contribution in [-0.2, 0) is 22.5 Å². The van der Waals surface area contributed by atoms with Crippen molar-refractivity contribution < 1.29 is 19.3 Å². The standard InChI is InChI=1S/C38H56O4S2/c1-7-15-35(39)29(2)26-36(3,4)38(43-22-14-23-44-38)27-34-25-33(41-37(5,6)42-34)20-12-11-16-30-19-13-21-32(24-30)40-28-31-17-9-8-10-18-31/h7-10,13,17-19,21,24,29,33-35,39H,1,11-12,14-16,20,22-23,25-28H2,2-6H3/t29-,33-,34-,35?/m1/s1. The molecule has 2 fully saturated rings. The van der Waals surface area contributed by atoms with Gasteiger partial charge < -0.3 is 19.3 Å². The fraction of sp³-hybridized carbons (Fsp3) is 0.632. The van der Waals surface area contributed by atoms with E-state index in [4.69, 9.17) is 14.2 Å². The molecule has 2 aliphatic rings. The molecule has 2 saturated heterocycles. The van der Waals surface area contributed by atoms with Crippen molar-refractivity contribution in [2.45, 2.75) is 127 Å². The summed E-state index contributed by atoms with van der Waals surface area (Å²) in [6.07, 6.45) is 11.1. The number of aliphatic hydroxyl groups is 1. The Morgan fingerprint density at radius 2 is 1.73 bits per heavy atom. The number of thioether (sulfide) groups is 2. The predicted molar refractivity (Wildman–Crippen MR) is 188 cm³/mol. The Hall–Kier alpha value is -1.44. The second-order valence-electron chi connectivity index (χ2n) is 13.9. The van der Waals surface area contributed by atoms with Gasteiger partial charge in [0.15, 0.2) is 5.79 Å². The van der Waals surface area contributed by atoms with Gasteiger partial charge in [0.2, 0.25) is 0 Å². The minimum Gasteiger partial charge on any atom is -0.489 e. The molecule has 244 valence electrons. The number of aliphatic hydroxyl groups excluding tert-OH is 1. The number of rotatable bonds is 16. The highest BCUT2D eigenvalue weighted by atomic mass is 32.2. The van der Waals surface area contributed by atoms with Crippen molar-refractivity contribution in [1.29, 1.82) is 0 Å². The summed E-state index contributed by atoms with van der Waals surface area (Å²) >= 11 is 4.26. The lowest BCUT2D eigenvalue weighted by atomic mass is 9.75. The van der Waals surface area contributed by atoms with Gasteiger partial charge in [0.25, 0.3) is 0 Å². The molecule has 2 aromatic rings. The molecule has 1 N–H and O–H groups in total. The molecule has 2 aromatic carbocycles. The van der Waals surface area contributed by atoms with E-state index in [1.165, 1.54) is 29.1 Å². The molecule has 0 bridgehead atoms. The summed E-state index contributed by atoms with van der Waals surface area (Å²) in [5.74, 6) is 2.95. The van der Waals surface area contributed by atoms with E-state index in [0.29, 0.717) is 13.0 Å². The molecule has 1 unspecified atom stereocenters. The summed E-state index contributed by atoms with van der Waals surface area (Å²) < 4.78 is 19.2. The van der Waals surface area contributed by atoms with Crippen LogP contribution in [0.1, 0.15) is 97.1 Å². The average Bonchev–Trinajstić information content (AvgIpc) is 2.98. The van der Waals surface area contributed by atoms with Crippen LogP contribution in [-0.4, -0.2) is 44.8 Å². The van der Waals surface area contributed by atoms with Gasteiger partial charge in [-0.2, -0.15) is 0 Å². The summed E-state index contributed by atoms with van der Waals surface area (Å²) in [6, 6.07) is 18.9. The van der Waals surface area contributed by atoms with Crippen molar-refractivity contribution in [3.05, 3.63) is 78.4 Å². The van der Waals surface area contributed by atoms with Gasteiger partial charge in [-0.1, -0.05) is 75.7 Å². The monoisotopic (exact) mass is 640 g/mol. The first-order chi connectivity index (χ1) is 21.0. The van der Waals surface area contributed by atoms with E-state index in [1.807, 2.05) is 30.3 Å². The van der Waals surface area contributed by atoms with Gasteiger partial charge in [0, 0.05) is 6.42 Å². The molecule has 6 heteroatoms. The first kappa shape index (κ1) is 35.4. The van der Waals surface area contributed by atoms with Gasteiger partial charge in [-0.3, -0.25) is 0 Å². The van der Waals surface area contributed by atoms with Crippen LogP contribution in [0.15, 0.2) is 67.3 Å². The molecule has 44 heavy (non-hydrogen) atoms. The number of unbranched alkanes of at least 4 members (excludes halogenated alkanes) is 1. The molecular formula is C38H56O4S2. The Morgan fingerprint density at radius 3 is 2.45 bits per heavy atom. The highest BCUT2D eigenvalue weighted by Crippen LogP contribution is 2.59. The molecule has 2 heterocycles. The highest BCUT2D eigenvalue weighted by molar-refractivity contribution is 8.18. The molecule has 0 amide bonds. The number of hydrogen-bond acceptors (Lipinski definition) is 6. The highest BCUT2D eigenvalue weighted by Gasteiger charge is 2.51. The third kappa shape index (κ3) is 10.3. The summed E-state index contributed by atoms with van der Waals surface area (Å²) in [5.41, 5.74) is 2.55. The fourth-order valence-corrected chi connectivity index (χ4v) is 10.7. The van der Waals surface area contributed by atoms with Crippen LogP contribution in [0.2, 0.25) is 0 Å². The van der Waals surface area contributed by atoms with Crippen LogP contribution in [0.5, 0.6) is 5.75 Å². The van der Waals surface area contributed by atoms with E-state index in [1.54, 1.807) is 0 Å². The van der Waals surface area contributed by atoms with Gasteiger partial charge >= 0.3 is 0 Å². The third-order valence-corrected chi connectivity index (χ3v) is 13.3. The van der Waals surface area contributed by atoms with Crippen LogP contribution >= 0.6 is 23.5 Å². The Morgan fingerprint density at radius 1 is 1.02 bits per heavy atom. The van der Waals surface area contributed by atoms with Crippen LogP contribution in [0.3, 0.4) is 0 Å². The molecule has 4 rings (SSSR count). The van der Waals surface area contributed by atoms with Crippen molar-refractivity contribution in [3.8, 4) is 5.75 Å². The Bertz CT molecular complexity index is 1140. The zero-order chi connectivity index (χ0) is 31.6. The van der Waals surface area contributed by atoms with Crippen molar-refractivity contribution >= 4 is 23.5 Å². The first-order valence-corrected chi connectivity index (χ1v) is 18.7. The molecule has 0 saturated carbocycles. The minimum atomic E-state index is -0.583. The Kier molecular flexibility index (Phi) is 13.2. The molecule has 0 radical (unpaired) electrons. The van der Waals surface area contributed by atoms with Crippen molar-refractivity contribution in [1.82, 2.24) is 0 Å². The maximum Gasteiger partial charge on any atom is 0.163 e. The molecular weight excluding hydrogens is 585 g/mol. The van der Waals surface area contributed by atoms with E-state index < -0.39 is 5.79 Å². The SMILES string of the molecule is C=CCC(O)[C@H](C)CC(C)(C)C1(C[C@H]2C[C@@H](CCCCc3cccc(OCc4ccccc4)c3)OC(C)(C)O2)SCCCS1. The van der Waals surface area contributed by atoms with E-state index >= 15 is 0 Å². The van der Waals surface area contributed by atoms with Gasteiger partial charge in [0.1, 0.15) is 12.4 Å². The van der Waals surface area contributed by atoms with Gasteiger partial charge in [0.05, 0.1) is 22.4 Å². The zero-order valence-corrected chi connectivity index (χ0v) is 29.4. The molecule has 4 nitrogen and oxygen atoms in total. The minimum absolute atomic E-state index is 0.0466. The first-order valence-electron chi connectivity index (χ1n) is 16.7. The van der Waals surface area contributed by atoms with E-state index in [2.05, 4.69) is 95.1 Å². The van der Waals surface area contributed by atoms with E-state index in [0.717, 1.165) is 50.7 Å². The van der Waals surface area contributed by atoms with Crippen molar-refractivity contribution in [2.75, 3.05) is 11.5 Å². The normalized spacial score (nSPS) is 23.0. The van der Waals surface area contributed by atoms with Crippen LogP contribution < -0.4 is 4.74 Å². The van der Waals surface area contributed by atoms with Gasteiger partial charge in [-0.05, 0) is 105 Å². The molecule has 4 atom stereocenters. The van der Waals surface area contributed by atoms with E-state index in [-0.39, 0.29) is 33.7 Å². The van der Waals surface area contributed by atoms with Crippen LogP contribution in [0.4, 0.5) is 0 Å². The zero-order valence-electron chi connectivity index (χ0n) is 27.8. The number of benzene rings is 2. The maximum absolute atomic E-state index is 10.7. The Labute approximate surface area is 276 Å². The largest absolute Gasteiger partial charge is 0.489 e. The number of ether oxygens (including phenoxy) is 3. The lowest BCUT2D eigenvalue weighted by Gasteiger charge is -2.52. The molecule has 0 aromatic heterocycles. The molecule has 0 spiro atoms. The van der Waals surface area contributed by atoms with Crippen molar-refractivity contribution in [2.24, 2.45) is 11.3 Å². The summed E-state index contributed by atoms with van der Waals surface area (Å²) in [4.78, 5) is 0. The summed E-state index contributed by atoms with van der Waals surface area (Å²) in [5, 5.41) is 10.7. The molecule has 2 aliphatic heterocycles. The lowest BCUT2D eigenvalue weighted by molar-refractivity contribution is -0.302. The maximum atomic E-state index is 10.7. The Balaban J connectivity index is 1.31. The molecule has 0 aliphatic carbocycles. The van der Waals surface area contributed by atoms with Crippen LogP contribution in [0.25, 0.3) is 0 Å². The van der Waals surface area contributed by atoms with E-state index in [9.17, 15) is 5.11 Å². The lowest BCUT2D eigenvalue weighted by Crippen LogP contribution is -2.50. The fourth-order valence-electron chi connectivity index (χ4n) is 6.91.